The third kappa shape index (κ3) is 3.84. The van der Waals surface area contributed by atoms with Crippen LogP contribution in [0.15, 0.2) is 35.1 Å². The molecule has 6 nitrogen and oxygen atoms in total. The Morgan fingerprint density at radius 1 is 1.17 bits per heavy atom. The van der Waals surface area contributed by atoms with Gasteiger partial charge in [0.1, 0.15) is 18.0 Å². The number of nitrogens with one attached hydrogen (secondary N) is 1. The number of carbonyl (C=O) groups is 1. The molecule has 1 amide bonds. The molecule has 1 aromatic carbocycles. The van der Waals surface area contributed by atoms with Crippen molar-refractivity contribution in [3.05, 3.63) is 40.6 Å². The molecule has 1 aliphatic rings. The van der Waals surface area contributed by atoms with Gasteiger partial charge >= 0.3 is 0 Å². The molecular formula is C17H20BrN5O. The molecule has 7 heteroatoms. The standard InChI is InChI=1S/C17H20BrN5O/c1-12-9-14(3-4-15(12)18)21-16-10-17(20-11-19-16)23-7-5-22(6-8-23)13(2)24/h3-4,9-11H,5-8H2,1-2H3,(H,19,20,21). The smallest absolute Gasteiger partial charge is 0.219 e. The average Bonchev–Trinajstić information content (AvgIpc) is 2.58. The van der Waals surface area contributed by atoms with Crippen molar-refractivity contribution in [1.82, 2.24) is 14.9 Å². The van der Waals surface area contributed by atoms with Gasteiger partial charge in [-0.1, -0.05) is 15.9 Å². The van der Waals surface area contributed by atoms with Crippen molar-refractivity contribution in [3.8, 4) is 0 Å². The van der Waals surface area contributed by atoms with Crippen LogP contribution in [0.1, 0.15) is 12.5 Å². The van der Waals surface area contributed by atoms with Crippen LogP contribution in [0.25, 0.3) is 0 Å². The van der Waals surface area contributed by atoms with Gasteiger partial charge in [0, 0.05) is 49.3 Å². The number of carbonyl (C=O) groups excluding carboxylic acids is 1. The van der Waals surface area contributed by atoms with Gasteiger partial charge in [-0.15, -0.1) is 0 Å². The zero-order chi connectivity index (χ0) is 17.1. The zero-order valence-electron chi connectivity index (χ0n) is 13.8. The third-order valence-corrected chi connectivity index (χ3v) is 5.02. The molecule has 2 heterocycles. The maximum Gasteiger partial charge on any atom is 0.219 e. The minimum absolute atomic E-state index is 0.130. The highest BCUT2D eigenvalue weighted by Gasteiger charge is 2.19. The molecule has 1 saturated heterocycles. The number of piperazine rings is 1. The van der Waals surface area contributed by atoms with Gasteiger partial charge in [-0.3, -0.25) is 4.79 Å². The molecule has 0 saturated carbocycles. The maximum atomic E-state index is 11.4. The predicted molar refractivity (Wildman–Crippen MR) is 98.7 cm³/mol. The van der Waals surface area contributed by atoms with Crippen LogP contribution in [0.4, 0.5) is 17.3 Å². The topological polar surface area (TPSA) is 61.4 Å². The van der Waals surface area contributed by atoms with Crippen molar-refractivity contribution < 1.29 is 4.79 Å². The molecule has 1 fully saturated rings. The highest BCUT2D eigenvalue weighted by Crippen LogP contribution is 2.23. The van der Waals surface area contributed by atoms with Crippen molar-refractivity contribution in [1.29, 1.82) is 0 Å². The van der Waals surface area contributed by atoms with Crippen molar-refractivity contribution in [3.63, 3.8) is 0 Å². The van der Waals surface area contributed by atoms with Crippen molar-refractivity contribution in [2.24, 2.45) is 0 Å². The van der Waals surface area contributed by atoms with Crippen molar-refractivity contribution in [2.75, 3.05) is 36.4 Å². The molecule has 0 unspecified atom stereocenters. The molecule has 0 radical (unpaired) electrons. The summed E-state index contributed by atoms with van der Waals surface area (Å²) >= 11 is 3.51. The van der Waals surface area contributed by atoms with Crippen LogP contribution in [0.5, 0.6) is 0 Å². The van der Waals surface area contributed by atoms with E-state index in [1.54, 1.807) is 13.3 Å². The summed E-state index contributed by atoms with van der Waals surface area (Å²) in [4.78, 5) is 24.1. The largest absolute Gasteiger partial charge is 0.353 e. The first-order chi connectivity index (χ1) is 11.5. The first-order valence-corrected chi connectivity index (χ1v) is 8.68. The molecular weight excluding hydrogens is 370 g/mol. The SMILES string of the molecule is CC(=O)N1CCN(c2cc(Nc3ccc(Br)c(C)c3)ncn2)CC1. The highest BCUT2D eigenvalue weighted by molar-refractivity contribution is 9.10. The van der Waals surface area contributed by atoms with E-state index in [4.69, 9.17) is 0 Å². The third-order valence-electron chi connectivity index (χ3n) is 4.13. The normalized spacial score (nSPS) is 14.6. The first-order valence-electron chi connectivity index (χ1n) is 7.88. The van der Waals surface area contributed by atoms with Crippen molar-refractivity contribution >= 4 is 39.2 Å². The fourth-order valence-corrected chi connectivity index (χ4v) is 2.96. The van der Waals surface area contributed by atoms with Gasteiger partial charge in [-0.25, -0.2) is 9.97 Å². The van der Waals surface area contributed by atoms with E-state index in [0.717, 1.165) is 53.5 Å². The molecule has 0 aliphatic carbocycles. The van der Waals surface area contributed by atoms with Crippen LogP contribution < -0.4 is 10.2 Å². The van der Waals surface area contributed by atoms with Crippen LogP contribution >= 0.6 is 15.9 Å². The van der Waals surface area contributed by atoms with E-state index >= 15 is 0 Å². The van der Waals surface area contributed by atoms with Gasteiger partial charge in [-0.05, 0) is 30.7 Å². The molecule has 3 rings (SSSR count). The second-order valence-electron chi connectivity index (χ2n) is 5.84. The van der Waals surface area contributed by atoms with E-state index in [1.165, 1.54) is 0 Å². The van der Waals surface area contributed by atoms with Gasteiger partial charge in [0.05, 0.1) is 0 Å². The molecule has 126 valence electrons. The Bertz CT molecular complexity index is 744. The summed E-state index contributed by atoms with van der Waals surface area (Å²) in [6.07, 6.45) is 1.57. The van der Waals surface area contributed by atoms with E-state index < -0.39 is 0 Å². The van der Waals surface area contributed by atoms with Gasteiger partial charge in [0.15, 0.2) is 0 Å². The molecule has 1 aromatic heterocycles. The van der Waals surface area contributed by atoms with Gasteiger partial charge < -0.3 is 15.1 Å². The lowest BCUT2D eigenvalue weighted by Gasteiger charge is -2.34. The molecule has 0 spiro atoms. The van der Waals surface area contributed by atoms with Crippen molar-refractivity contribution in [2.45, 2.75) is 13.8 Å². The van der Waals surface area contributed by atoms with E-state index in [0.29, 0.717) is 0 Å². The summed E-state index contributed by atoms with van der Waals surface area (Å²) in [5.41, 5.74) is 2.15. The maximum absolute atomic E-state index is 11.4. The zero-order valence-corrected chi connectivity index (χ0v) is 15.4. The lowest BCUT2D eigenvalue weighted by Crippen LogP contribution is -2.48. The van der Waals surface area contributed by atoms with Crippen LogP contribution in [-0.4, -0.2) is 47.0 Å². The van der Waals surface area contributed by atoms with Gasteiger partial charge in [0.2, 0.25) is 5.91 Å². The van der Waals surface area contributed by atoms with Crippen LogP contribution in [-0.2, 0) is 4.79 Å². The molecule has 0 atom stereocenters. The number of halogens is 1. The number of nitrogens with zero attached hydrogens (tertiary/aromatic N) is 4. The Hall–Kier alpha value is -2.15. The second kappa shape index (κ2) is 7.17. The van der Waals surface area contributed by atoms with Crippen LogP contribution in [0, 0.1) is 6.92 Å². The molecule has 1 N–H and O–H groups in total. The number of anilines is 3. The molecule has 0 bridgehead atoms. The van der Waals surface area contributed by atoms with Crippen LogP contribution in [0.3, 0.4) is 0 Å². The van der Waals surface area contributed by atoms with E-state index in [1.807, 2.05) is 23.1 Å². The molecule has 1 aliphatic heterocycles. The summed E-state index contributed by atoms with van der Waals surface area (Å²) in [7, 11) is 0. The van der Waals surface area contributed by atoms with Gasteiger partial charge in [0.25, 0.3) is 0 Å². The number of aryl methyl sites for hydroxylation is 1. The second-order valence-corrected chi connectivity index (χ2v) is 6.70. The Morgan fingerprint density at radius 3 is 2.58 bits per heavy atom. The highest BCUT2D eigenvalue weighted by atomic mass is 79.9. The minimum atomic E-state index is 0.130. The van der Waals surface area contributed by atoms with Crippen LogP contribution in [0.2, 0.25) is 0 Å². The fraction of sp³-hybridized carbons (Fsp3) is 0.353. The van der Waals surface area contributed by atoms with E-state index in [-0.39, 0.29) is 5.91 Å². The first kappa shape index (κ1) is 16.7. The average molecular weight is 390 g/mol. The Labute approximate surface area is 150 Å². The number of hydrogen-bond acceptors (Lipinski definition) is 5. The number of aromatic nitrogens is 2. The monoisotopic (exact) mass is 389 g/mol. The summed E-state index contributed by atoms with van der Waals surface area (Å²) in [6.45, 7) is 6.70. The summed E-state index contributed by atoms with van der Waals surface area (Å²) in [5.74, 6) is 1.77. The molecule has 2 aromatic rings. The number of rotatable bonds is 3. The summed E-state index contributed by atoms with van der Waals surface area (Å²) in [6, 6.07) is 8.03. The Kier molecular flexibility index (Phi) is 4.99. The summed E-state index contributed by atoms with van der Waals surface area (Å²) in [5, 5.41) is 3.32. The number of amides is 1. The lowest BCUT2D eigenvalue weighted by molar-refractivity contribution is -0.129. The van der Waals surface area contributed by atoms with Gasteiger partial charge in [-0.2, -0.15) is 0 Å². The number of hydrogen-bond donors (Lipinski definition) is 1. The quantitative estimate of drug-likeness (QED) is 0.873. The number of benzene rings is 1. The van der Waals surface area contributed by atoms with E-state index in [9.17, 15) is 4.79 Å². The summed E-state index contributed by atoms with van der Waals surface area (Å²) < 4.78 is 1.08. The molecule has 24 heavy (non-hydrogen) atoms. The Balaban J connectivity index is 1.70. The fourth-order valence-electron chi connectivity index (χ4n) is 2.71. The Morgan fingerprint density at radius 2 is 1.92 bits per heavy atom. The van der Waals surface area contributed by atoms with E-state index in [2.05, 4.69) is 49.1 Å². The lowest BCUT2D eigenvalue weighted by atomic mass is 10.2. The minimum Gasteiger partial charge on any atom is -0.353 e. The predicted octanol–water partition coefficient (Wildman–Crippen LogP) is 2.96.